The molecular weight excluding hydrogens is 300 g/mol. The van der Waals surface area contributed by atoms with Gasteiger partial charge < -0.3 is 10.6 Å². The van der Waals surface area contributed by atoms with E-state index < -0.39 is 26.7 Å². The molecule has 5 nitrogen and oxygen atoms in total. The highest BCUT2D eigenvalue weighted by molar-refractivity contribution is 7.92. The number of amides is 1. The number of nitrogens with one attached hydrogen (secondary N) is 2. The van der Waals surface area contributed by atoms with Gasteiger partial charge >= 0.3 is 0 Å². The zero-order valence-electron chi connectivity index (χ0n) is 10.9. The van der Waals surface area contributed by atoms with Crippen molar-refractivity contribution >= 4 is 33.0 Å². The van der Waals surface area contributed by atoms with E-state index in [0.717, 1.165) is 13.0 Å². The summed E-state index contributed by atoms with van der Waals surface area (Å²) in [5.74, 6) is -1.06. The molecule has 0 saturated carbocycles. The van der Waals surface area contributed by atoms with Gasteiger partial charge in [-0.05, 0) is 31.5 Å². The summed E-state index contributed by atoms with van der Waals surface area (Å²) in [6.07, 6.45) is 1.42. The van der Waals surface area contributed by atoms with Crippen molar-refractivity contribution in [2.75, 3.05) is 24.2 Å². The van der Waals surface area contributed by atoms with Gasteiger partial charge in [-0.3, -0.25) is 4.79 Å². The van der Waals surface area contributed by atoms with Gasteiger partial charge in [-0.15, -0.1) is 0 Å². The van der Waals surface area contributed by atoms with Crippen LogP contribution in [0.3, 0.4) is 0 Å². The molecule has 1 aliphatic heterocycles. The van der Waals surface area contributed by atoms with Crippen molar-refractivity contribution in [3.05, 3.63) is 29.3 Å². The van der Waals surface area contributed by atoms with Gasteiger partial charge in [-0.25, -0.2) is 8.42 Å². The van der Waals surface area contributed by atoms with Crippen LogP contribution in [-0.4, -0.2) is 38.4 Å². The Morgan fingerprint density at radius 1 is 1.40 bits per heavy atom. The lowest BCUT2D eigenvalue weighted by molar-refractivity contribution is -0.113. The van der Waals surface area contributed by atoms with Crippen LogP contribution in [0.1, 0.15) is 12.8 Å². The molecule has 0 bridgehead atoms. The quantitative estimate of drug-likeness (QED) is 0.881. The topological polar surface area (TPSA) is 75.3 Å². The Hall–Kier alpha value is -1.11. The van der Waals surface area contributed by atoms with E-state index in [-0.39, 0.29) is 0 Å². The molecule has 1 amide bonds. The second-order valence-electron chi connectivity index (χ2n) is 4.80. The average Bonchev–Trinajstić information content (AvgIpc) is 2.42. The van der Waals surface area contributed by atoms with Crippen molar-refractivity contribution < 1.29 is 13.2 Å². The third kappa shape index (κ3) is 3.94. The van der Waals surface area contributed by atoms with Crippen molar-refractivity contribution in [2.45, 2.75) is 18.1 Å². The van der Waals surface area contributed by atoms with Crippen LogP contribution in [0, 0.1) is 0 Å². The standard InChI is InChI=1S/C13H17ClN2O3S/c14-11-5-1-2-6-12(11)16-13(17)9-20(18,19)10-4-3-7-15-8-10/h1-2,5-6,10,15H,3-4,7-9H2,(H,16,17). The van der Waals surface area contributed by atoms with Gasteiger partial charge in [0, 0.05) is 6.54 Å². The first-order valence-electron chi connectivity index (χ1n) is 6.46. The van der Waals surface area contributed by atoms with Gasteiger partial charge in [0.2, 0.25) is 5.91 Å². The monoisotopic (exact) mass is 316 g/mol. The Kier molecular flexibility index (Phi) is 5.01. The molecule has 1 fully saturated rings. The third-order valence-electron chi connectivity index (χ3n) is 3.24. The van der Waals surface area contributed by atoms with Gasteiger partial charge in [-0.1, -0.05) is 23.7 Å². The molecule has 1 aromatic rings. The van der Waals surface area contributed by atoms with Crippen LogP contribution in [0.2, 0.25) is 5.02 Å². The van der Waals surface area contributed by atoms with Gasteiger partial charge in [0.05, 0.1) is 16.0 Å². The molecule has 1 aliphatic rings. The highest BCUT2D eigenvalue weighted by atomic mass is 35.5. The maximum Gasteiger partial charge on any atom is 0.239 e. The smallest absolute Gasteiger partial charge is 0.239 e. The number of hydrogen-bond acceptors (Lipinski definition) is 4. The number of carbonyl (C=O) groups excluding carboxylic acids is 1. The van der Waals surface area contributed by atoms with E-state index in [9.17, 15) is 13.2 Å². The first-order chi connectivity index (χ1) is 9.49. The van der Waals surface area contributed by atoms with E-state index in [1.807, 2.05) is 0 Å². The van der Waals surface area contributed by atoms with Crippen LogP contribution in [0.25, 0.3) is 0 Å². The van der Waals surface area contributed by atoms with E-state index in [1.54, 1.807) is 24.3 Å². The normalized spacial score (nSPS) is 19.6. The highest BCUT2D eigenvalue weighted by Crippen LogP contribution is 2.20. The first kappa shape index (κ1) is 15.3. The van der Waals surface area contributed by atoms with Crippen LogP contribution in [-0.2, 0) is 14.6 Å². The molecule has 1 heterocycles. The number of rotatable bonds is 4. The zero-order valence-corrected chi connectivity index (χ0v) is 12.5. The molecular formula is C13H17ClN2O3S. The SMILES string of the molecule is O=C(CS(=O)(=O)C1CCCNC1)Nc1ccccc1Cl. The van der Waals surface area contributed by atoms with Crippen molar-refractivity contribution in [3.8, 4) is 0 Å². The average molecular weight is 317 g/mol. The number of para-hydroxylation sites is 1. The molecule has 2 rings (SSSR count). The largest absolute Gasteiger partial charge is 0.324 e. The van der Waals surface area contributed by atoms with Gasteiger partial charge in [0.1, 0.15) is 5.75 Å². The third-order valence-corrected chi connectivity index (χ3v) is 5.65. The van der Waals surface area contributed by atoms with E-state index in [4.69, 9.17) is 11.6 Å². The van der Waals surface area contributed by atoms with Crippen molar-refractivity contribution in [1.82, 2.24) is 5.32 Å². The Bertz CT molecular complexity index is 583. The highest BCUT2D eigenvalue weighted by Gasteiger charge is 2.29. The fraction of sp³-hybridized carbons (Fsp3) is 0.462. The molecule has 1 aromatic carbocycles. The number of hydrogen-bond donors (Lipinski definition) is 2. The van der Waals surface area contributed by atoms with Crippen LogP contribution >= 0.6 is 11.6 Å². The molecule has 0 aromatic heterocycles. The van der Waals surface area contributed by atoms with E-state index >= 15 is 0 Å². The molecule has 2 N–H and O–H groups in total. The van der Waals surface area contributed by atoms with E-state index in [1.165, 1.54) is 0 Å². The predicted molar refractivity (Wildman–Crippen MR) is 79.8 cm³/mol. The lowest BCUT2D eigenvalue weighted by Crippen LogP contribution is -2.41. The minimum atomic E-state index is -3.43. The van der Waals surface area contributed by atoms with Crippen LogP contribution in [0.4, 0.5) is 5.69 Å². The number of piperidine rings is 1. The van der Waals surface area contributed by atoms with E-state index in [2.05, 4.69) is 10.6 Å². The molecule has 110 valence electrons. The maximum absolute atomic E-state index is 12.1. The van der Waals surface area contributed by atoms with Crippen molar-refractivity contribution in [1.29, 1.82) is 0 Å². The molecule has 20 heavy (non-hydrogen) atoms. The Morgan fingerprint density at radius 3 is 2.80 bits per heavy atom. The summed E-state index contributed by atoms with van der Waals surface area (Å²) in [5, 5.41) is 5.48. The second-order valence-corrected chi connectivity index (χ2v) is 7.49. The zero-order chi connectivity index (χ0) is 14.6. The number of benzene rings is 1. The summed E-state index contributed by atoms with van der Waals surface area (Å²) in [7, 11) is -3.43. The molecule has 0 aliphatic carbocycles. The predicted octanol–water partition coefficient (Wildman–Crippen LogP) is 1.45. The Balaban J connectivity index is 1.98. The second kappa shape index (κ2) is 6.56. The lowest BCUT2D eigenvalue weighted by atomic mass is 10.2. The van der Waals surface area contributed by atoms with E-state index in [0.29, 0.717) is 23.7 Å². The molecule has 7 heteroatoms. The summed E-state index contributed by atoms with van der Waals surface area (Å²) in [6.45, 7) is 1.25. The number of anilines is 1. The number of carbonyl (C=O) groups is 1. The Labute approximate surface area is 123 Å². The van der Waals surface area contributed by atoms with Gasteiger partial charge in [-0.2, -0.15) is 0 Å². The van der Waals surface area contributed by atoms with Crippen LogP contribution < -0.4 is 10.6 Å². The maximum atomic E-state index is 12.1. The lowest BCUT2D eigenvalue weighted by Gasteiger charge is -2.22. The number of halogens is 1. The molecule has 1 unspecified atom stereocenters. The van der Waals surface area contributed by atoms with Crippen molar-refractivity contribution in [3.63, 3.8) is 0 Å². The molecule has 0 spiro atoms. The molecule has 1 atom stereocenters. The number of sulfone groups is 1. The molecule has 0 radical (unpaired) electrons. The minimum Gasteiger partial charge on any atom is -0.324 e. The summed E-state index contributed by atoms with van der Waals surface area (Å²) >= 11 is 5.91. The van der Waals surface area contributed by atoms with Crippen LogP contribution in [0.5, 0.6) is 0 Å². The summed E-state index contributed by atoms with van der Waals surface area (Å²) in [5.41, 5.74) is 0.427. The fourth-order valence-corrected chi connectivity index (χ4v) is 3.93. The van der Waals surface area contributed by atoms with Crippen molar-refractivity contribution in [2.24, 2.45) is 0 Å². The van der Waals surface area contributed by atoms with Gasteiger partial charge in [0.25, 0.3) is 0 Å². The summed E-state index contributed by atoms with van der Waals surface area (Å²) in [4.78, 5) is 11.9. The summed E-state index contributed by atoms with van der Waals surface area (Å²) in [6, 6.07) is 6.73. The molecule has 1 saturated heterocycles. The first-order valence-corrected chi connectivity index (χ1v) is 8.55. The van der Waals surface area contributed by atoms with Crippen LogP contribution in [0.15, 0.2) is 24.3 Å². The Morgan fingerprint density at radius 2 is 2.15 bits per heavy atom. The van der Waals surface area contributed by atoms with Gasteiger partial charge in [0.15, 0.2) is 9.84 Å². The minimum absolute atomic E-state index is 0.387. The fourth-order valence-electron chi connectivity index (χ4n) is 2.18. The summed E-state index contributed by atoms with van der Waals surface area (Å²) < 4.78 is 24.3.